The zero-order valence-electron chi connectivity index (χ0n) is 24.5. The van der Waals surface area contributed by atoms with Gasteiger partial charge < -0.3 is 25.4 Å². The quantitative estimate of drug-likeness (QED) is 0.234. The monoisotopic (exact) mass is 603 g/mol. The lowest BCUT2D eigenvalue weighted by molar-refractivity contribution is -0.274. The fraction of sp³-hybridized carbons (Fsp3) is 0.393. The average molecular weight is 604 g/mol. The second-order valence-corrected chi connectivity index (χ2v) is 10.1. The maximum Gasteiger partial charge on any atom is 0.573 e. The largest absolute Gasteiger partial charge is 0.573 e. The van der Waals surface area contributed by atoms with E-state index >= 15 is 0 Å². The Kier molecular flexibility index (Phi) is 9.78. The number of hydrazine groups is 1. The van der Waals surface area contributed by atoms with E-state index in [4.69, 9.17) is 16.3 Å². The Hall–Kier alpha value is -4.34. The van der Waals surface area contributed by atoms with Crippen molar-refractivity contribution in [3.05, 3.63) is 65.4 Å². The van der Waals surface area contributed by atoms with Crippen LogP contribution in [0.25, 0.3) is 5.70 Å². The molecule has 1 aliphatic rings. The zero-order valence-corrected chi connectivity index (χ0v) is 24.5. The molecule has 1 fully saturated rings. The number of nitrogens with two attached hydrogens (primary N) is 2. The van der Waals surface area contributed by atoms with Crippen molar-refractivity contribution >= 4 is 28.7 Å². The van der Waals surface area contributed by atoms with Crippen molar-refractivity contribution in [2.45, 2.75) is 20.2 Å². The number of amides is 1. The molecule has 1 amide bonds. The van der Waals surface area contributed by atoms with Gasteiger partial charge in [-0.3, -0.25) is 24.4 Å². The van der Waals surface area contributed by atoms with Gasteiger partial charge in [0.1, 0.15) is 5.75 Å². The van der Waals surface area contributed by atoms with Gasteiger partial charge in [-0.2, -0.15) is 5.10 Å². The second kappa shape index (κ2) is 13.3. The Morgan fingerprint density at radius 3 is 2.49 bits per heavy atom. The van der Waals surface area contributed by atoms with E-state index in [2.05, 4.69) is 25.0 Å². The number of aryl methyl sites for hydroxylation is 2. The van der Waals surface area contributed by atoms with Crippen LogP contribution in [-0.4, -0.2) is 78.4 Å². The Morgan fingerprint density at radius 2 is 1.86 bits per heavy atom. The summed E-state index contributed by atoms with van der Waals surface area (Å²) < 4.78 is 50.5. The predicted molar refractivity (Wildman–Crippen MR) is 157 cm³/mol. The van der Waals surface area contributed by atoms with Gasteiger partial charge in [-0.1, -0.05) is 0 Å². The highest BCUT2D eigenvalue weighted by Gasteiger charge is 2.32. The molecule has 0 spiro atoms. The molecule has 1 saturated heterocycles. The number of hydrogen-bond acceptors (Lipinski definition) is 10. The van der Waals surface area contributed by atoms with Gasteiger partial charge in [-0.15, -0.1) is 13.2 Å². The lowest BCUT2D eigenvalue weighted by Gasteiger charge is -2.36. The number of ether oxygens (including phenoxy) is 2. The molecule has 2 aromatic heterocycles. The standard InChI is InChI=1S/C28H36F3N9O3/c1-18-26(40(33)17-25(32)24-16-35-37(3)19(24)2)13-21(15-34-18)36-27(41)20-11-22(14-23(12-20)43-28(29,30)31)39-7-5-38(6-8-39)9-10-42-4/h11-17H,5-10,32-33H2,1-4H3,(H,36,41)/b25-17-. The first-order valence-electron chi connectivity index (χ1n) is 13.5. The molecule has 4 rings (SSSR count). The van der Waals surface area contributed by atoms with Crippen molar-refractivity contribution in [2.75, 3.05) is 61.7 Å². The van der Waals surface area contributed by atoms with Crippen LogP contribution >= 0.6 is 0 Å². The first-order chi connectivity index (χ1) is 20.3. The molecule has 12 nitrogen and oxygen atoms in total. The number of piperazine rings is 1. The van der Waals surface area contributed by atoms with Crippen LogP contribution in [-0.2, 0) is 11.8 Å². The summed E-state index contributed by atoms with van der Waals surface area (Å²) in [6.45, 7) is 7.47. The van der Waals surface area contributed by atoms with Gasteiger partial charge in [0.2, 0.25) is 0 Å². The van der Waals surface area contributed by atoms with Crippen molar-refractivity contribution in [3.63, 3.8) is 0 Å². The zero-order chi connectivity index (χ0) is 31.3. The van der Waals surface area contributed by atoms with Gasteiger partial charge in [0.05, 0.1) is 41.8 Å². The van der Waals surface area contributed by atoms with Crippen LogP contribution in [0.1, 0.15) is 27.3 Å². The van der Waals surface area contributed by atoms with Crippen LogP contribution in [0.3, 0.4) is 0 Å². The number of anilines is 3. The number of nitrogens with zero attached hydrogens (tertiary/aromatic N) is 6. The summed E-state index contributed by atoms with van der Waals surface area (Å²) in [7, 11) is 3.43. The number of carbonyl (C=O) groups excluding carboxylic acids is 1. The smallest absolute Gasteiger partial charge is 0.406 e. The van der Waals surface area contributed by atoms with E-state index < -0.39 is 18.0 Å². The van der Waals surface area contributed by atoms with Crippen LogP contribution in [0.2, 0.25) is 0 Å². The summed E-state index contributed by atoms with van der Waals surface area (Å²) in [6.07, 6.45) is -0.351. The van der Waals surface area contributed by atoms with Crippen LogP contribution in [0.5, 0.6) is 5.75 Å². The molecule has 15 heteroatoms. The summed E-state index contributed by atoms with van der Waals surface area (Å²) >= 11 is 0. The maximum atomic E-state index is 13.3. The van der Waals surface area contributed by atoms with Crippen molar-refractivity contribution in [1.82, 2.24) is 19.7 Å². The van der Waals surface area contributed by atoms with Gasteiger partial charge in [0, 0.05) is 81.7 Å². The lowest BCUT2D eigenvalue weighted by atomic mass is 10.1. The summed E-state index contributed by atoms with van der Waals surface area (Å²) in [5, 5.41) is 8.16. The Labute approximate surface area is 247 Å². The van der Waals surface area contributed by atoms with E-state index in [1.165, 1.54) is 23.5 Å². The average Bonchev–Trinajstić information content (AvgIpc) is 3.29. The fourth-order valence-electron chi connectivity index (χ4n) is 4.67. The highest BCUT2D eigenvalue weighted by molar-refractivity contribution is 6.05. The normalized spacial score (nSPS) is 14.6. The SMILES string of the molecule is COCCN1CCN(c2cc(OC(F)(F)F)cc(C(=O)Nc3cnc(C)c(N(N)/C=C(\N)c4cnn(C)c4C)c3)c2)CC1. The van der Waals surface area contributed by atoms with Crippen LogP contribution in [0.15, 0.2) is 42.9 Å². The van der Waals surface area contributed by atoms with Crippen molar-refractivity contribution in [2.24, 2.45) is 18.6 Å². The number of rotatable bonds is 10. The third-order valence-electron chi connectivity index (χ3n) is 7.16. The molecule has 0 bridgehead atoms. The van der Waals surface area contributed by atoms with Crippen LogP contribution < -0.4 is 31.5 Å². The van der Waals surface area contributed by atoms with Crippen molar-refractivity contribution in [1.29, 1.82) is 0 Å². The number of carbonyl (C=O) groups is 1. The minimum Gasteiger partial charge on any atom is -0.406 e. The molecular formula is C28H36F3N9O3. The fourth-order valence-corrected chi connectivity index (χ4v) is 4.67. The molecule has 0 aliphatic carbocycles. The van der Waals surface area contributed by atoms with Gasteiger partial charge >= 0.3 is 6.36 Å². The van der Waals surface area contributed by atoms with Gasteiger partial charge in [-0.05, 0) is 32.0 Å². The highest BCUT2D eigenvalue weighted by Crippen LogP contribution is 2.30. The summed E-state index contributed by atoms with van der Waals surface area (Å²) in [5.74, 6) is 5.15. The number of hydrogen-bond donors (Lipinski definition) is 3. The molecule has 0 saturated carbocycles. The summed E-state index contributed by atoms with van der Waals surface area (Å²) in [5.41, 5.74) is 9.89. The first-order valence-corrected chi connectivity index (χ1v) is 13.5. The molecule has 5 N–H and O–H groups in total. The minimum absolute atomic E-state index is 0.0125. The van der Waals surface area contributed by atoms with E-state index in [0.29, 0.717) is 61.1 Å². The number of pyridine rings is 1. The third kappa shape index (κ3) is 8.15. The van der Waals surface area contributed by atoms with Gasteiger partial charge in [0.25, 0.3) is 5.91 Å². The summed E-state index contributed by atoms with van der Waals surface area (Å²) in [6, 6.07) is 5.48. The van der Waals surface area contributed by atoms with Gasteiger partial charge in [0.15, 0.2) is 0 Å². The predicted octanol–water partition coefficient (Wildman–Crippen LogP) is 2.99. The Bertz CT molecular complexity index is 1470. The summed E-state index contributed by atoms with van der Waals surface area (Å²) in [4.78, 5) is 21.7. The maximum absolute atomic E-state index is 13.3. The number of alkyl halides is 3. The minimum atomic E-state index is -4.92. The topological polar surface area (TPSA) is 140 Å². The van der Waals surface area contributed by atoms with Crippen molar-refractivity contribution < 1.29 is 27.4 Å². The molecule has 3 heterocycles. The van der Waals surface area contributed by atoms with Crippen LogP contribution in [0, 0.1) is 13.8 Å². The molecule has 0 radical (unpaired) electrons. The number of halogens is 3. The van der Waals surface area contributed by atoms with E-state index in [1.54, 1.807) is 44.1 Å². The van der Waals surface area contributed by atoms with E-state index in [1.807, 2.05) is 11.8 Å². The Morgan fingerprint density at radius 1 is 1.14 bits per heavy atom. The molecule has 232 valence electrons. The molecule has 0 atom stereocenters. The molecule has 43 heavy (non-hydrogen) atoms. The van der Waals surface area contributed by atoms with Crippen molar-refractivity contribution in [3.8, 4) is 5.75 Å². The molecule has 0 unspecified atom stereocenters. The van der Waals surface area contributed by atoms with Crippen LogP contribution in [0.4, 0.5) is 30.2 Å². The number of benzene rings is 1. The molecule has 3 aromatic rings. The van der Waals surface area contributed by atoms with E-state index in [0.717, 1.165) is 18.3 Å². The second-order valence-electron chi connectivity index (χ2n) is 10.1. The Balaban J connectivity index is 1.55. The lowest BCUT2D eigenvalue weighted by Crippen LogP contribution is -2.47. The molecule has 1 aliphatic heterocycles. The highest BCUT2D eigenvalue weighted by atomic mass is 19.4. The number of nitrogens with one attached hydrogen (secondary N) is 1. The van der Waals surface area contributed by atoms with Gasteiger partial charge in [-0.25, -0.2) is 5.84 Å². The molecule has 1 aromatic carbocycles. The number of aromatic nitrogens is 3. The third-order valence-corrected chi connectivity index (χ3v) is 7.16. The number of methoxy groups -OCH3 is 1. The van der Waals surface area contributed by atoms with E-state index in [-0.39, 0.29) is 11.3 Å². The first kappa shape index (κ1) is 31.6. The van der Waals surface area contributed by atoms with E-state index in [9.17, 15) is 18.0 Å². The molecular weight excluding hydrogens is 567 g/mol.